The lowest BCUT2D eigenvalue weighted by Crippen LogP contribution is -2.49. The number of halogens is 4. The van der Waals surface area contributed by atoms with Gasteiger partial charge in [-0.05, 0) is 12.0 Å². The molecule has 128 valence electrons. The summed E-state index contributed by atoms with van der Waals surface area (Å²) in [6.45, 7) is 1.52. The fourth-order valence-electron chi connectivity index (χ4n) is 2.63. The van der Waals surface area contributed by atoms with Gasteiger partial charge in [-0.15, -0.1) is 0 Å². The van der Waals surface area contributed by atoms with Crippen LogP contribution in [0.4, 0.5) is 17.6 Å². The number of hydrogen-bond acceptors (Lipinski definition) is 2. The molecule has 1 aromatic carbocycles. The SMILES string of the molecule is CCCC[C@@H](F)C(=O)N1[C@H](C(F)(F)F)OC[C@H]1c1ccccc1. The van der Waals surface area contributed by atoms with E-state index in [2.05, 4.69) is 0 Å². The lowest BCUT2D eigenvalue weighted by Gasteiger charge is -2.30. The van der Waals surface area contributed by atoms with Crippen molar-refractivity contribution in [3.05, 3.63) is 35.9 Å². The molecular weight excluding hydrogens is 314 g/mol. The zero-order valence-electron chi connectivity index (χ0n) is 12.7. The van der Waals surface area contributed by atoms with Crippen molar-refractivity contribution in [2.45, 2.75) is 50.8 Å². The van der Waals surface area contributed by atoms with Crippen molar-refractivity contribution in [1.29, 1.82) is 0 Å². The Balaban J connectivity index is 2.27. The molecule has 1 fully saturated rings. The number of carbonyl (C=O) groups is 1. The Kier molecular flexibility index (Phi) is 5.62. The van der Waals surface area contributed by atoms with E-state index in [1.165, 1.54) is 0 Å². The summed E-state index contributed by atoms with van der Waals surface area (Å²) in [6, 6.07) is 7.30. The van der Waals surface area contributed by atoms with E-state index in [4.69, 9.17) is 4.74 Å². The van der Waals surface area contributed by atoms with Crippen molar-refractivity contribution < 1.29 is 27.1 Å². The van der Waals surface area contributed by atoms with Crippen molar-refractivity contribution in [1.82, 2.24) is 4.90 Å². The maximum atomic E-state index is 14.1. The zero-order chi connectivity index (χ0) is 17.0. The first-order valence-corrected chi connectivity index (χ1v) is 7.55. The number of benzene rings is 1. The molecule has 3 atom stereocenters. The maximum absolute atomic E-state index is 14.1. The maximum Gasteiger partial charge on any atom is 0.433 e. The first-order chi connectivity index (χ1) is 10.9. The molecule has 0 bridgehead atoms. The smallest absolute Gasteiger partial charge is 0.347 e. The van der Waals surface area contributed by atoms with Gasteiger partial charge in [-0.1, -0.05) is 50.1 Å². The molecule has 0 spiro atoms. The van der Waals surface area contributed by atoms with Gasteiger partial charge in [0.1, 0.15) is 0 Å². The molecule has 1 amide bonds. The average Bonchev–Trinajstić information content (AvgIpc) is 2.97. The van der Waals surface area contributed by atoms with Crippen LogP contribution in [0.3, 0.4) is 0 Å². The molecule has 1 aliphatic rings. The Morgan fingerprint density at radius 2 is 2.00 bits per heavy atom. The Bertz CT molecular complexity index is 521. The van der Waals surface area contributed by atoms with Crippen molar-refractivity contribution in [2.24, 2.45) is 0 Å². The predicted octanol–water partition coefficient (Wildman–Crippen LogP) is 4.00. The summed E-state index contributed by atoms with van der Waals surface area (Å²) >= 11 is 0. The van der Waals surface area contributed by atoms with Gasteiger partial charge >= 0.3 is 6.18 Å². The fourth-order valence-corrected chi connectivity index (χ4v) is 2.63. The summed E-state index contributed by atoms with van der Waals surface area (Å²) in [7, 11) is 0. The third-order valence-electron chi connectivity index (χ3n) is 3.80. The summed E-state index contributed by atoms with van der Waals surface area (Å²) in [5.74, 6) is -1.16. The van der Waals surface area contributed by atoms with E-state index in [0.717, 1.165) is 0 Å². The van der Waals surface area contributed by atoms with Crippen molar-refractivity contribution in [3.8, 4) is 0 Å². The van der Waals surface area contributed by atoms with Crippen LogP contribution in [0.25, 0.3) is 0 Å². The highest BCUT2D eigenvalue weighted by atomic mass is 19.4. The Morgan fingerprint density at radius 3 is 2.57 bits per heavy atom. The molecule has 1 aliphatic heterocycles. The van der Waals surface area contributed by atoms with E-state index in [0.29, 0.717) is 23.3 Å². The van der Waals surface area contributed by atoms with E-state index >= 15 is 0 Å². The standard InChI is InChI=1S/C16H19F4NO2/c1-2-3-9-12(17)14(22)21-13(11-7-5-4-6-8-11)10-23-15(21)16(18,19)20/h4-8,12-13,15H,2-3,9-10H2,1H3/t12-,13+,15+/m1/s1. The zero-order valence-corrected chi connectivity index (χ0v) is 12.7. The summed E-state index contributed by atoms with van der Waals surface area (Å²) in [5, 5.41) is 0. The minimum Gasteiger partial charge on any atom is -0.347 e. The van der Waals surface area contributed by atoms with Gasteiger partial charge in [0.05, 0.1) is 12.6 Å². The summed E-state index contributed by atoms with van der Waals surface area (Å²) in [4.78, 5) is 12.8. The van der Waals surface area contributed by atoms with Crippen LogP contribution in [0.15, 0.2) is 30.3 Å². The Morgan fingerprint density at radius 1 is 1.35 bits per heavy atom. The van der Waals surface area contributed by atoms with Gasteiger partial charge in [-0.3, -0.25) is 9.69 Å². The van der Waals surface area contributed by atoms with Gasteiger partial charge in [0, 0.05) is 0 Å². The third kappa shape index (κ3) is 4.02. The van der Waals surface area contributed by atoms with E-state index < -0.39 is 30.5 Å². The molecule has 2 rings (SSSR count). The van der Waals surface area contributed by atoms with Gasteiger partial charge in [-0.25, -0.2) is 4.39 Å². The first kappa shape index (κ1) is 17.7. The first-order valence-electron chi connectivity index (χ1n) is 7.55. The molecule has 0 unspecified atom stereocenters. The van der Waals surface area contributed by atoms with Crippen LogP contribution < -0.4 is 0 Å². The number of alkyl halides is 4. The van der Waals surface area contributed by atoms with Gasteiger partial charge in [0.25, 0.3) is 5.91 Å². The normalized spacial score (nSPS) is 23.1. The highest BCUT2D eigenvalue weighted by Gasteiger charge is 2.54. The van der Waals surface area contributed by atoms with Crippen LogP contribution >= 0.6 is 0 Å². The molecule has 0 radical (unpaired) electrons. The molecule has 23 heavy (non-hydrogen) atoms. The van der Waals surface area contributed by atoms with Crippen LogP contribution in [0, 0.1) is 0 Å². The lowest BCUT2D eigenvalue weighted by molar-refractivity contribution is -0.241. The summed E-state index contributed by atoms with van der Waals surface area (Å²) in [6.07, 6.45) is -8.10. The second-order valence-electron chi connectivity index (χ2n) is 5.51. The van der Waals surface area contributed by atoms with Crippen LogP contribution in [-0.2, 0) is 9.53 Å². The average molecular weight is 333 g/mol. The van der Waals surface area contributed by atoms with Crippen molar-refractivity contribution in [2.75, 3.05) is 6.61 Å². The molecule has 0 aliphatic carbocycles. The van der Waals surface area contributed by atoms with E-state index in [-0.39, 0.29) is 13.0 Å². The third-order valence-corrected chi connectivity index (χ3v) is 3.80. The van der Waals surface area contributed by atoms with E-state index in [1.54, 1.807) is 30.3 Å². The molecular formula is C16H19F4NO2. The second kappa shape index (κ2) is 7.29. The monoisotopic (exact) mass is 333 g/mol. The van der Waals surface area contributed by atoms with Gasteiger partial charge in [0.2, 0.25) is 6.23 Å². The quantitative estimate of drug-likeness (QED) is 0.762. The topological polar surface area (TPSA) is 29.5 Å². The molecule has 1 heterocycles. The number of carbonyl (C=O) groups excluding carboxylic acids is 1. The fraction of sp³-hybridized carbons (Fsp3) is 0.562. The highest BCUT2D eigenvalue weighted by molar-refractivity contribution is 5.81. The minimum absolute atomic E-state index is 0.0854. The second-order valence-corrected chi connectivity index (χ2v) is 5.51. The number of ether oxygens (including phenoxy) is 1. The van der Waals surface area contributed by atoms with E-state index in [9.17, 15) is 22.4 Å². The molecule has 0 saturated carbocycles. The molecule has 0 aromatic heterocycles. The summed E-state index contributed by atoms with van der Waals surface area (Å²) < 4.78 is 58.3. The van der Waals surface area contributed by atoms with Gasteiger partial charge in [-0.2, -0.15) is 13.2 Å². The van der Waals surface area contributed by atoms with Crippen molar-refractivity contribution >= 4 is 5.91 Å². The van der Waals surface area contributed by atoms with Crippen LogP contribution in [0.5, 0.6) is 0 Å². The molecule has 3 nitrogen and oxygen atoms in total. The van der Waals surface area contributed by atoms with Gasteiger partial charge < -0.3 is 4.74 Å². The lowest BCUT2D eigenvalue weighted by atomic mass is 10.1. The molecule has 1 aromatic rings. The highest BCUT2D eigenvalue weighted by Crippen LogP contribution is 2.39. The van der Waals surface area contributed by atoms with E-state index in [1.807, 2.05) is 6.92 Å². The molecule has 7 heteroatoms. The van der Waals surface area contributed by atoms with Crippen LogP contribution in [0.2, 0.25) is 0 Å². The van der Waals surface area contributed by atoms with Gasteiger partial charge in [0.15, 0.2) is 6.17 Å². The molecule has 1 saturated heterocycles. The molecule has 0 N–H and O–H groups in total. The van der Waals surface area contributed by atoms with Crippen LogP contribution in [0.1, 0.15) is 37.8 Å². The Hall–Kier alpha value is -1.63. The van der Waals surface area contributed by atoms with Crippen LogP contribution in [-0.4, -0.2) is 36.0 Å². The Labute approximate surface area is 132 Å². The number of unbranched alkanes of at least 4 members (excludes halogenated alkanes) is 1. The van der Waals surface area contributed by atoms with Crippen molar-refractivity contribution in [3.63, 3.8) is 0 Å². The summed E-state index contributed by atoms with van der Waals surface area (Å²) in [5.41, 5.74) is 0.496. The number of rotatable bonds is 5. The largest absolute Gasteiger partial charge is 0.433 e. The minimum atomic E-state index is -4.76. The number of hydrogen-bond donors (Lipinski definition) is 0. The predicted molar refractivity (Wildman–Crippen MR) is 76.2 cm³/mol. The number of nitrogens with zero attached hydrogens (tertiary/aromatic N) is 1. The number of amides is 1.